The summed E-state index contributed by atoms with van der Waals surface area (Å²) in [6.45, 7) is 0.844. The van der Waals surface area contributed by atoms with Gasteiger partial charge in [0.25, 0.3) is 6.09 Å². The maximum atomic E-state index is 11.7. The van der Waals surface area contributed by atoms with Crippen LogP contribution in [0, 0.1) is 0 Å². The predicted octanol–water partition coefficient (Wildman–Crippen LogP) is 0.163. The monoisotopic (exact) mass is 277 g/mol. The Kier molecular flexibility index (Phi) is 3.35. The molecule has 1 fully saturated rings. The van der Waals surface area contributed by atoms with Gasteiger partial charge in [-0.2, -0.15) is 0 Å². The smallest absolute Gasteiger partial charge is 0.366 e. The molecule has 20 heavy (non-hydrogen) atoms. The minimum absolute atomic E-state index is 0.0856. The molecule has 6 heteroatoms. The molecular formula is C14H15NO5. The van der Waals surface area contributed by atoms with Gasteiger partial charge in [-0.3, -0.25) is 9.28 Å². The molecular weight excluding hydrogens is 262 g/mol. The number of aliphatic carboxylic acids is 1. The molecule has 0 bridgehead atoms. The summed E-state index contributed by atoms with van der Waals surface area (Å²) in [4.78, 5) is 34.9. The fraction of sp³-hybridized carbons (Fsp3) is 0.357. The highest BCUT2D eigenvalue weighted by molar-refractivity contribution is 5.93. The number of nitrogens with zero attached hydrogens (tertiary/aromatic N) is 1. The van der Waals surface area contributed by atoms with Crippen molar-refractivity contribution in [3.8, 4) is 0 Å². The van der Waals surface area contributed by atoms with Crippen molar-refractivity contribution in [2.75, 3.05) is 6.54 Å². The van der Waals surface area contributed by atoms with Crippen LogP contribution in [-0.2, 0) is 16.1 Å². The maximum Gasteiger partial charge on any atom is 0.366 e. The summed E-state index contributed by atoms with van der Waals surface area (Å²) in [6, 6.07) is 8.65. The fourth-order valence-electron chi connectivity index (χ4n) is 2.78. The number of carbonyl (C=O) groups is 3. The zero-order valence-corrected chi connectivity index (χ0v) is 11.0. The van der Waals surface area contributed by atoms with Gasteiger partial charge in [-0.25, -0.2) is 4.79 Å². The van der Waals surface area contributed by atoms with Gasteiger partial charge in [-0.15, -0.1) is 0 Å². The molecule has 0 radical (unpaired) electrons. The van der Waals surface area contributed by atoms with Crippen LogP contribution in [0.25, 0.3) is 0 Å². The Morgan fingerprint density at radius 2 is 1.95 bits per heavy atom. The van der Waals surface area contributed by atoms with Crippen molar-refractivity contribution < 1.29 is 29.1 Å². The van der Waals surface area contributed by atoms with E-state index in [1.165, 1.54) is 6.92 Å². The van der Waals surface area contributed by atoms with Gasteiger partial charge in [0.1, 0.15) is 13.1 Å². The highest BCUT2D eigenvalue weighted by Crippen LogP contribution is 2.37. The van der Waals surface area contributed by atoms with Crippen LogP contribution < -0.4 is 5.11 Å². The second-order valence-corrected chi connectivity index (χ2v) is 5.33. The lowest BCUT2D eigenvalue weighted by Crippen LogP contribution is -2.69. The number of likely N-dealkylation sites (tertiary alicyclic amines) is 1. The van der Waals surface area contributed by atoms with E-state index in [9.17, 15) is 24.6 Å². The highest BCUT2D eigenvalue weighted by Gasteiger charge is 2.62. The molecule has 1 unspecified atom stereocenters. The largest absolute Gasteiger partial charge is 0.498 e. The molecule has 6 nitrogen and oxygen atoms in total. The molecule has 1 aliphatic rings. The molecule has 1 heterocycles. The molecule has 106 valence electrons. The van der Waals surface area contributed by atoms with Crippen molar-refractivity contribution in [2.24, 2.45) is 0 Å². The average Bonchev–Trinajstić information content (AvgIpc) is 2.64. The molecule has 1 aliphatic heterocycles. The van der Waals surface area contributed by atoms with Gasteiger partial charge in [0.15, 0.2) is 5.78 Å². The van der Waals surface area contributed by atoms with Crippen molar-refractivity contribution in [3.05, 3.63) is 35.9 Å². The van der Waals surface area contributed by atoms with Gasteiger partial charge >= 0.3 is 5.97 Å². The number of hydrogen-bond acceptors (Lipinski definition) is 4. The highest BCUT2D eigenvalue weighted by atomic mass is 16.4. The van der Waals surface area contributed by atoms with Crippen LogP contribution in [0.5, 0.6) is 0 Å². The maximum absolute atomic E-state index is 11.7. The molecule has 0 saturated carbocycles. The first-order valence-electron chi connectivity index (χ1n) is 6.19. The number of quaternary nitrogens is 1. The van der Waals surface area contributed by atoms with E-state index >= 15 is 0 Å². The molecule has 0 aliphatic carbocycles. The lowest BCUT2D eigenvalue weighted by atomic mass is 9.95. The summed E-state index contributed by atoms with van der Waals surface area (Å²) >= 11 is 0. The first kappa shape index (κ1) is 14.2. The number of amides is 1. The number of hydrogen-bond donors (Lipinski definition) is 1. The lowest BCUT2D eigenvalue weighted by Gasteiger charge is -2.42. The summed E-state index contributed by atoms with van der Waals surface area (Å²) in [5, 5.41) is 21.0. The van der Waals surface area contributed by atoms with E-state index in [0.29, 0.717) is 5.56 Å². The number of benzene rings is 1. The summed E-state index contributed by atoms with van der Waals surface area (Å²) in [5.41, 5.74) is -1.05. The molecule has 2 rings (SSSR count). The van der Waals surface area contributed by atoms with Gasteiger partial charge in [0.2, 0.25) is 5.54 Å². The van der Waals surface area contributed by atoms with Crippen LogP contribution in [0.1, 0.15) is 18.9 Å². The van der Waals surface area contributed by atoms with E-state index in [2.05, 4.69) is 0 Å². The first-order chi connectivity index (χ1) is 9.32. The zero-order valence-electron chi connectivity index (χ0n) is 11.0. The third-order valence-corrected chi connectivity index (χ3v) is 4.04. The average molecular weight is 277 g/mol. The Hall–Kier alpha value is -2.21. The number of carboxylic acids is 1. The van der Waals surface area contributed by atoms with Gasteiger partial charge in [-0.1, -0.05) is 30.3 Å². The summed E-state index contributed by atoms with van der Waals surface area (Å²) in [6.07, 6.45) is -1.84. The van der Waals surface area contributed by atoms with Crippen LogP contribution in [0.4, 0.5) is 4.79 Å². The first-order valence-corrected chi connectivity index (χ1v) is 6.19. The fourth-order valence-corrected chi connectivity index (χ4v) is 2.78. The second-order valence-electron chi connectivity index (χ2n) is 5.33. The quantitative estimate of drug-likeness (QED) is 0.794. The van der Waals surface area contributed by atoms with Crippen molar-refractivity contribution in [1.29, 1.82) is 0 Å². The number of ketones is 1. The number of carboxylic acid groups (broad SMARTS) is 2. The lowest BCUT2D eigenvalue weighted by molar-refractivity contribution is -0.911. The van der Waals surface area contributed by atoms with Crippen molar-refractivity contribution in [2.45, 2.75) is 25.4 Å². The molecule has 1 aromatic carbocycles. The Morgan fingerprint density at radius 1 is 1.35 bits per heavy atom. The number of carbonyl (C=O) groups excluding carboxylic acids is 2. The van der Waals surface area contributed by atoms with Gasteiger partial charge in [0, 0.05) is 12.5 Å². The minimum Gasteiger partial charge on any atom is -0.498 e. The van der Waals surface area contributed by atoms with Gasteiger partial charge < -0.3 is 15.0 Å². The van der Waals surface area contributed by atoms with Crippen LogP contribution >= 0.6 is 0 Å². The normalized spacial score (nSPS) is 29.4. The van der Waals surface area contributed by atoms with Crippen LogP contribution in [0.3, 0.4) is 0 Å². The molecule has 2 atom stereocenters. The zero-order chi connectivity index (χ0) is 15.0. The van der Waals surface area contributed by atoms with E-state index < -0.39 is 22.1 Å². The Morgan fingerprint density at radius 3 is 2.45 bits per heavy atom. The van der Waals surface area contributed by atoms with Gasteiger partial charge in [0.05, 0.1) is 6.42 Å². The predicted molar refractivity (Wildman–Crippen MR) is 66.3 cm³/mol. The summed E-state index contributed by atoms with van der Waals surface area (Å²) < 4.78 is -0.898. The molecule has 0 aromatic heterocycles. The molecule has 1 aromatic rings. The summed E-state index contributed by atoms with van der Waals surface area (Å²) in [7, 11) is 0. The SMILES string of the molecule is C[C@@]1(C(=O)O)CC(=O)C[N+]1(Cc1ccccc1)C(=O)[O-]. The van der Waals surface area contributed by atoms with E-state index in [1.54, 1.807) is 30.3 Å². The Balaban J connectivity index is 2.51. The van der Waals surface area contributed by atoms with Crippen LogP contribution in [0.2, 0.25) is 0 Å². The molecule has 1 amide bonds. The minimum atomic E-state index is -1.70. The van der Waals surface area contributed by atoms with E-state index in [4.69, 9.17) is 0 Å². The molecule has 1 N–H and O–H groups in total. The van der Waals surface area contributed by atoms with Crippen LogP contribution in [-0.4, -0.2) is 39.5 Å². The van der Waals surface area contributed by atoms with E-state index in [-0.39, 0.29) is 25.3 Å². The number of Topliss-reactive ketones (excluding diaryl/α,β-unsaturated/α-hetero) is 1. The topological polar surface area (TPSA) is 94.5 Å². The third kappa shape index (κ3) is 1.98. The van der Waals surface area contributed by atoms with Crippen LogP contribution in [0.15, 0.2) is 30.3 Å². The van der Waals surface area contributed by atoms with E-state index in [1.807, 2.05) is 0 Å². The van der Waals surface area contributed by atoms with E-state index in [0.717, 1.165) is 0 Å². The molecule has 0 spiro atoms. The van der Waals surface area contributed by atoms with Crippen molar-refractivity contribution in [1.82, 2.24) is 0 Å². The Bertz CT molecular complexity index is 570. The Labute approximate surface area is 115 Å². The standard InChI is InChI=1S/C14H15NO5/c1-14(12(17)18)7-11(16)9-15(14,13(19)20)8-10-5-3-2-4-6-10/h2-6H,7-9H2,1H3,(H-,17,18,19,20)/t14-,15?/m0/s1. The van der Waals surface area contributed by atoms with Crippen molar-refractivity contribution in [3.63, 3.8) is 0 Å². The number of rotatable bonds is 3. The third-order valence-electron chi connectivity index (χ3n) is 4.04. The molecule has 1 saturated heterocycles. The van der Waals surface area contributed by atoms with Gasteiger partial charge in [-0.05, 0) is 0 Å². The van der Waals surface area contributed by atoms with Crippen molar-refractivity contribution >= 4 is 17.8 Å². The summed E-state index contributed by atoms with van der Waals surface area (Å²) in [5.74, 6) is -1.68. The second kappa shape index (κ2) is 4.72.